The van der Waals surface area contributed by atoms with Crippen molar-refractivity contribution in [3.8, 4) is 0 Å². The summed E-state index contributed by atoms with van der Waals surface area (Å²) in [6.45, 7) is 0.760. The first-order valence-corrected chi connectivity index (χ1v) is 4.76. The predicted octanol–water partition coefficient (Wildman–Crippen LogP) is 0.858. The maximum atomic E-state index is 4.17. The Hall–Kier alpha value is -1.65. The van der Waals surface area contributed by atoms with Gasteiger partial charge in [-0.15, -0.1) is 0 Å². The van der Waals surface area contributed by atoms with Gasteiger partial charge in [0, 0.05) is 6.04 Å². The summed E-state index contributed by atoms with van der Waals surface area (Å²) >= 11 is 0. The van der Waals surface area contributed by atoms with Crippen LogP contribution in [0.1, 0.15) is 24.6 Å². The highest BCUT2D eigenvalue weighted by Crippen LogP contribution is 2.35. The van der Waals surface area contributed by atoms with Gasteiger partial charge in [-0.25, -0.2) is 14.6 Å². The zero-order valence-corrected chi connectivity index (χ0v) is 7.74. The molecule has 1 aliphatic carbocycles. The van der Waals surface area contributed by atoms with Crippen LogP contribution in [0, 0.1) is 0 Å². The van der Waals surface area contributed by atoms with Gasteiger partial charge in [-0.05, 0) is 12.8 Å². The molecular weight excluding hydrogens is 178 g/mol. The summed E-state index contributed by atoms with van der Waals surface area (Å²) in [6.07, 6.45) is 9.65. The smallest absolute Gasteiger partial charge is 0.137 e. The molecule has 2 aromatic heterocycles. The molecule has 0 aromatic carbocycles. The second-order valence-corrected chi connectivity index (χ2v) is 3.62. The quantitative estimate of drug-likeness (QED) is 0.719. The van der Waals surface area contributed by atoms with Gasteiger partial charge < -0.3 is 4.57 Å². The summed E-state index contributed by atoms with van der Waals surface area (Å²) in [7, 11) is 0. The zero-order chi connectivity index (χ0) is 9.38. The van der Waals surface area contributed by atoms with Crippen LogP contribution in [0.2, 0.25) is 0 Å². The number of hydrogen-bond acceptors (Lipinski definition) is 3. The normalized spacial score (nSPS) is 16.0. The summed E-state index contributed by atoms with van der Waals surface area (Å²) in [5, 5.41) is 4.08. The van der Waals surface area contributed by atoms with E-state index in [1.807, 2.05) is 17.2 Å². The Kier molecular flexibility index (Phi) is 1.62. The van der Waals surface area contributed by atoms with E-state index in [1.54, 1.807) is 12.7 Å². The van der Waals surface area contributed by atoms with Crippen LogP contribution in [0.15, 0.2) is 25.2 Å². The lowest BCUT2D eigenvalue weighted by Crippen LogP contribution is -2.06. The summed E-state index contributed by atoms with van der Waals surface area (Å²) < 4.78 is 4.05. The second-order valence-electron chi connectivity index (χ2n) is 3.62. The van der Waals surface area contributed by atoms with E-state index < -0.39 is 0 Å². The van der Waals surface area contributed by atoms with Gasteiger partial charge in [0.25, 0.3) is 0 Å². The first-order valence-electron chi connectivity index (χ1n) is 4.76. The largest absolute Gasteiger partial charge is 0.330 e. The summed E-state index contributed by atoms with van der Waals surface area (Å²) in [4.78, 5) is 8.08. The van der Waals surface area contributed by atoms with E-state index in [0.29, 0.717) is 6.04 Å². The van der Waals surface area contributed by atoms with E-state index in [4.69, 9.17) is 0 Å². The number of hydrogen-bond donors (Lipinski definition) is 0. The second kappa shape index (κ2) is 2.94. The third-order valence-corrected chi connectivity index (χ3v) is 2.48. The van der Waals surface area contributed by atoms with Crippen LogP contribution in [-0.2, 0) is 6.54 Å². The monoisotopic (exact) mass is 189 g/mol. The summed E-state index contributed by atoms with van der Waals surface area (Å²) in [5.74, 6) is 0. The Morgan fingerprint density at radius 3 is 2.93 bits per heavy atom. The van der Waals surface area contributed by atoms with Crippen molar-refractivity contribution < 1.29 is 0 Å². The van der Waals surface area contributed by atoms with Gasteiger partial charge in [-0.1, -0.05) is 0 Å². The average Bonchev–Trinajstić information content (AvgIpc) is 2.74. The maximum Gasteiger partial charge on any atom is 0.137 e. The molecule has 1 aliphatic rings. The fourth-order valence-corrected chi connectivity index (χ4v) is 1.62. The molecule has 0 atom stereocenters. The number of rotatable bonds is 3. The van der Waals surface area contributed by atoms with E-state index >= 15 is 0 Å². The van der Waals surface area contributed by atoms with E-state index in [2.05, 4.69) is 19.6 Å². The lowest BCUT2D eigenvalue weighted by atomic mass is 10.4. The van der Waals surface area contributed by atoms with Crippen molar-refractivity contribution in [1.29, 1.82) is 0 Å². The number of imidazole rings is 1. The molecule has 3 rings (SSSR count). The lowest BCUT2D eigenvalue weighted by Gasteiger charge is -2.05. The molecule has 0 unspecified atom stereocenters. The Morgan fingerprint density at radius 1 is 1.29 bits per heavy atom. The van der Waals surface area contributed by atoms with Gasteiger partial charge in [0.1, 0.15) is 12.7 Å². The van der Waals surface area contributed by atoms with Gasteiger partial charge in [0.2, 0.25) is 0 Å². The standard InChI is InChI=1S/C9H11N5/c1-2-8(1)14-7-10-3-9(14)4-13-6-11-5-12-13/h3,5-8H,1-2,4H2. The molecule has 0 aliphatic heterocycles. The van der Waals surface area contributed by atoms with Crippen LogP contribution >= 0.6 is 0 Å². The minimum atomic E-state index is 0.677. The van der Waals surface area contributed by atoms with Gasteiger partial charge >= 0.3 is 0 Å². The molecular formula is C9H11N5. The highest BCUT2D eigenvalue weighted by atomic mass is 15.3. The number of aromatic nitrogens is 5. The Balaban J connectivity index is 1.85. The Labute approximate surface area is 81.4 Å². The van der Waals surface area contributed by atoms with Crippen LogP contribution < -0.4 is 0 Å². The molecule has 0 spiro atoms. The molecule has 0 radical (unpaired) electrons. The third kappa shape index (κ3) is 1.30. The van der Waals surface area contributed by atoms with E-state index in [1.165, 1.54) is 18.5 Å². The molecule has 2 aromatic rings. The predicted molar refractivity (Wildman–Crippen MR) is 49.6 cm³/mol. The van der Waals surface area contributed by atoms with E-state index in [9.17, 15) is 0 Å². The van der Waals surface area contributed by atoms with Gasteiger partial charge in [0.15, 0.2) is 0 Å². The van der Waals surface area contributed by atoms with Crippen molar-refractivity contribution in [3.63, 3.8) is 0 Å². The van der Waals surface area contributed by atoms with Crippen LogP contribution in [0.5, 0.6) is 0 Å². The Bertz CT molecular complexity index is 412. The molecule has 5 heteroatoms. The molecule has 2 heterocycles. The summed E-state index contributed by atoms with van der Waals surface area (Å²) in [5.41, 5.74) is 1.21. The average molecular weight is 189 g/mol. The van der Waals surface area contributed by atoms with Crippen LogP contribution in [0.3, 0.4) is 0 Å². The molecule has 1 fully saturated rings. The van der Waals surface area contributed by atoms with Crippen molar-refractivity contribution >= 4 is 0 Å². The van der Waals surface area contributed by atoms with E-state index in [-0.39, 0.29) is 0 Å². The minimum absolute atomic E-state index is 0.677. The molecule has 0 saturated heterocycles. The van der Waals surface area contributed by atoms with Crippen molar-refractivity contribution in [1.82, 2.24) is 24.3 Å². The maximum absolute atomic E-state index is 4.17. The lowest BCUT2D eigenvalue weighted by molar-refractivity contribution is 0.614. The molecule has 1 saturated carbocycles. The topological polar surface area (TPSA) is 48.5 Å². The summed E-state index contributed by atoms with van der Waals surface area (Å²) in [6, 6.07) is 0.677. The van der Waals surface area contributed by atoms with Gasteiger partial charge in [-0.3, -0.25) is 0 Å². The fourth-order valence-electron chi connectivity index (χ4n) is 1.62. The third-order valence-electron chi connectivity index (χ3n) is 2.48. The number of nitrogens with zero attached hydrogens (tertiary/aromatic N) is 5. The Morgan fingerprint density at radius 2 is 2.21 bits per heavy atom. The molecule has 0 amide bonds. The van der Waals surface area contributed by atoms with Crippen LogP contribution in [0.25, 0.3) is 0 Å². The van der Waals surface area contributed by atoms with Crippen molar-refractivity contribution in [3.05, 3.63) is 30.9 Å². The highest BCUT2D eigenvalue weighted by molar-refractivity contribution is 5.03. The van der Waals surface area contributed by atoms with Crippen molar-refractivity contribution in [2.75, 3.05) is 0 Å². The first kappa shape index (κ1) is 7.73. The van der Waals surface area contributed by atoms with Crippen LogP contribution in [-0.4, -0.2) is 24.3 Å². The van der Waals surface area contributed by atoms with Crippen molar-refractivity contribution in [2.24, 2.45) is 0 Å². The fraction of sp³-hybridized carbons (Fsp3) is 0.444. The molecule has 72 valence electrons. The molecule has 5 nitrogen and oxygen atoms in total. The molecule has 0 bridgehead atoms. The first-order chi connectivity index (χ1) is 6.93. The minimum Gasteiger partial charge on any atom is -0.330 e. The highest BCUT2D eigenvalue weighted by Gasteiger charge is 2.25. The van der Waals surface area contributed by atoms with Crippen molar-refractivity contribution in [2.45, 2.75) is 25.4 Å². The van der Waals surface area contributed by atoms with Gasteiger partial charge in [0.05, 0.1) is 24.8 Å². The zero-order valence-electron chi connectivity index (χ0n) is 7.74. The van der Waals surface area contributed by atoms with E-state index in [0.717, 1.165) is 6.54 Å². The molecule has 14 heavy (non-hydrogen) atoms. The molecule has 0 N–H and O–H groups in total. The SMILES string of the molecule is c1ncn(Cc2cncn2C2CC2)n1. The van der Waals surface area contributed by atoms with Crippen LogP contribution in [0.4, 0.5) is 0 Å². The van der Waals surface area contributed by atoms with Gasteiger partial charge in [-0.2, -0.15) is 5.10 Å².